The second-order valence-corrected chi connectivity index (χ2v) is 5.70. The van der Waals surface area contributed by atoms with Gasteiger partial charge in [-0.25, -0.2) is 0 Å². The van der Waals surface area contributed by atoms with Gasteiger partial charge in [0.1, 0.15) is 6.04 Å². The predicted octanol–water partition coefficient (Wildman–Crippen LogP) is 1.16. The Bertz CT molecular complexity index is 292. The number of hydrogen-bond acceptors (Lipinski definition) is 2. The van der Waals surface area contributed by atoms with Crippen molar-refractivity contribution in [1.82, 2.24) is 10.2 Å². The minimum Gasteiger partial charge on any atom is -0.344 e. The summed E-state index contributed by atoms with van der Waals surface area (Å²) in [5.41, 5.74) is -0.226. The van der Waals surface area contributed by atoms with Crippen LogP contribution >= 0.6 is 0 Å². The van der Waals surface area contributed by atoms with Gasteiger partial charge in [0.05, 0.1) is 0 Å². The van der Waals surface area contributed by atoms with Crippen molar-refractivity contribution in [2.45, 2.75) is 52.6 Å². The van der Waals surface area contributed by atoms with Gasteiger partial charge in [-0.2, -0.15) is 0 Å². The van der Waals surface area contributed by atoms with Crippen LogP contribution in [0.25, 0.3) is 0 Å². The van der Waals surface area contributed by atoms with Gasteiger partial charge >= 0.3 is 0 Å². The van der Waals surface area contributed by atoms with Gasteiger partial charge in [-0.15, -0.1) is 0 Å². The zero-order chi connectivity index (χ0) is 12.5. The maximum Gasteiger partial charge on any atom is 0.245 e. The van der Waals surface area contributed by atoms with Crippen LogP contribution in [0.5, 0.6) is 0 Å². The zero-order valence-corrected chi connectivity index (χ0v) is 10.8. The molecule has 1 atom stereocenters. The third kappa shape index (κ3) is 2.74. The van der Waals surface area contributed by atoms with E-state index in [4.69, 9.17) is 0 Å². The molecule has 1 saturated heterocycles. The Morgan fingerprint density at radius 1 is 1.31 bits per heavy atom. The van der Waals surface area contributed by atoms with Gasteiger partial charge < -0.3 is 10.2 Å². The van der Waals surface area contributed by atoms with Gasteiger partial charge in [0.2, 0.25) is 11.8 Å². The summed E-state index contributed by atoms with van der Waals surface area (Å²) < 4.78 is 0. The van der Waals surface area contributed by atoms with Gasteiger partial charge in [0.15, 0.2) is 0 Å². The van der Waals surface area contributed by atoms with Gasteiger partial charge in [-0.05, 0) is 26.7 Å². The number of rotatable bonds is 1. The highest BCUT2D eigenvalue weighted by atomic mass is 16.2. The van der Waals surface area contributed by atoms with E-state index in [1.807, 2.05) is 34.6 Å². The Morgan fingerprint density at radius 3 is 2.31 bits per heavy atom. The van der Waals surface area contributed by atoms with Crippen LogP contribution in [0.15, 0.2) is 0 Å². The molecule has 1 aliphatic heterocycles. The molecule has 1 N–H and O–H groups in total. The Kier molecular flexibility index (Phi) is 3.61. The van der Waals surface area contributed by atoms with Gasteiger partial charge in [-0.1, -0.05) is 13.8 Å². The Labute approximate surface area is 97.4 Å². The fourth-order valence-electron chi connectivity index (χ4n) is 1.92. The topological polar surface area (TPSA) is 49.4 Å². The fraction of sp³-hybridized carbons (Fsp3) is 0.833. The predicted molar refractivity (Wildman–Crippen MR) is 62.9 cm³/mol. The van der Waals surface area contributed by atoms with E-state index in [0.29, 0.717) is 13.0 Å². The molecular weight excluding hydrogens is 204 g/mol. The van der Waals surface area contributed by atoms with Crippen LogP contribution < -0.4 is 5.32 Å². The van der Waals surface area contributed by atoms with Gasteiger partial charge in [0.25, 0.3) is 0 Å². The third-order valence-corrected chi connectivity index (χ3v) is 2.89. The van der Waals surface area contributed by atoms with Crippen molar-refractivity contribution in [2.75, 3.05) is 6.54 Å². The molecule has 0 bridgehead atoms. The first-order valence-electron chi connectivity index (χ1n) is 5.84. The van der Waals surface area contributed by atoms with Crippen molar-refractivity contribution in [1.29, 1.82) is 0 Å². The van der Waals surface area contributed by atoms with Crippen molar-refractivity contribution in [2.24, 2.45) is 5.92 Å². The summed E-state index contributed by atoms with van der Waals surface area (Å²) in [7, 11) is 0. The minimum atomic E-state index is -0.380. The molecule has 2 amide bonds. The Balaban J connectivity index is 2.96. The molecule has 4 heteroatoms. The highest BCUT2D eigenvalue weighted by molar-refractivity contribution is 5.90. The normalized spacial score (nSPS) is 23.4. The highest BCUT2D eigenvalue weighted by Gasteiger charge is 2.36. The SMILES string of the molecule is CC(C)C1NC(=O)CCN(C(C)(C)C)C1=O. The van der Waals surface area contributed by atoms with E-state index >= 15 is 0 Å². The molecular formula is C12H22N2O2. The quantitative estimate of drug-likeness (QED) is 0.729. The average Bonchev–Trinajstić information content (AvgIpc) is 2.24. The zero-order valence-electron chi connectivity index (χ0n) is 10.8. The van der Waals surface area contributed by atoms with Crippen LogP contribution in [0.3, 0.4) is 0 Å². The molecule has 1 heterocycles. The van der Waals surface area contributed by atoms with Crippen LogP contribution in [0.4, 0.5) is 0 Å². The molecule has 0 spiro atoms. The molecule has 1 unspecified atom stereocenters. The number of amides is 2. The molecule has 0 aliphatic carbocycles. The first kappa shape index (κ1) is 13.0. The summed E-state index contributed by atoms with van der Waals surface area (Å²) in [5.74, 6) is 0.131. The molecule has 1 fully saturated rings. The van der Waals surface area contributed by atoms with Crippen LogP contribution in [0, 0.1) is 5.92 Å². The first-order valence-corrected chi connectivity index (χ1v) is 5.84. The number of carbonyl (C=O) groups excluding carboxylic acids is 2. The third-order valence-electron chi connectivity index (χ3n) is 2.89. The molecule has 0 aromatic carbocycles. The molecule has 1 aliphatic rings. The van der Waals surface area contributed by atoms with Crippen LogP contribution in [-0.4, -0.2) is 34.8 Å². The van der Waals surface area contributed by atoms with Gasteiger partial charge in [-0.3, -0.25) is 9.59 Å². The van der Waals surface area contributed by atoms with E-state index in [2.05, 4.69) is 5.32 Å². The molecule has 92 valence electrons. The van der Waals surface area contributed by atoms with Crippen LogP contribution in [-0.2, 0) is 9.59 Å². The van der Waals surface area contributed by atoms with Crippen LogP contribution in [0.2, 0.25) is 0 Å². The van der Waals surface area contributed by atoms with Crippen LogP contribution in [0.1, 0.15) is 41.0 Å². The van der Waals surface area contributed by atoms with E-state index in [0.717, 1.165) is 0 Å². The highest BCUT2D eigenvalue weighted by Crippen LogP contribution is 2.19. The first-order chi connectivity index (χ1) is 7.23. The second kappa shape index (κ2) is 4.44. The van der Waals surface area contributed by atoms with E-state index in [-0.39, 0.29) is 29.3 Å². The van der Waals surface area contributed by atoms with E-state index in [1.54, 1.807) is 4.90 Å². The van der Waals surface area contributed by atoms with Crippen molar-refractivity contribution in [3.05, 3.63) is 0 Å². The minimum absolute atomic E-state index is 0.0289. The number of hydrogen-bond donors (Lipinski definition) is 1. The summed E-state index contributed by atoms with van der Waals surface area (Å²) >= 11 is 0. The molecule has 0 aromatic rings. The van der Waals surface area contributed by atoms with Crippen molar-refractivity contribution < 1.29 is 9.59 Å². The lowest BCUT2D eigenvalue weighted by atomic mass is 9.99. The Morgan fingerprint density at radius 2 is 1.88 bits per heavy atom. The summed E-state index contributed by atoms with van der Waals surface area (Å²) in [6, 6.07) is -0.380. The molecule has 0 aromatic heterocycles. The van der Waals surface area contributed by atoms with E-state index in [9.17, 15) is 9.59 Å². The molecule has 4 nitrogen and oxygen atoms in total. The fourth-order valence-corrected chi connectivity index (χ4v) is 1.92. The van der Waals surface area contributed by atoms with E-state index in [1.165, 1.54) is 0 Å². The molecule has 1 rings (SSSR count). The molecule has 16 heavy (non-hydrogen) atoms. The standard InChI is InChI=1S/C12H22N2O2/c1-8(2)10-11(16)14(12(3,4)5)7-6-9(15)13-10/h8,10H,6-7H2,1-5H3,(H,13,15). The lowest BCUT2D eigenvalue weighted by Gasteiger charge is -2.36. The monoisotopic (exact) mass is 226 g/mol. The van der Waals surface area contributed by atoms with Crippen molar-refractivity contribution in [3.8, 4) is 0 Å². The number of carbonyl (C=O) groups is 2. The maximum absolute atomic E-state index is 12.3. The van der Waals surface area contributed by atoms with E-state index < -0.39 is 0 Å². The summed E-state index contributed by atoms with van der Waals surface area (Å²) in [6.07, 6.45) is 0.395. The van der Waals surface area contributed by atoms with Crippen molar-refractivity contribution >= 4 is 11.8 Å². The lowest BCUT2D eigenvalue weighted by Crippen LogP contribution is -2.53. The lowest BCUT2D eigenvalue weighted by molar-refractivity contribution is -0.138. The summed E-state index contributed by atoms with van der Waals surface area (Å²) in [4.78, 5) is 25.6. The second-order valence-electron chi connectivity index (χ2n) is 5.70. The molecule has 0 saturated carbocycles. The smallest absolute Gasteiger partial charge is 0.245 e. The molecule has 0 radical (unpaired) electrons. The van der Waals surface area contributed by atoms with Crippen molar-refractivity contribution in [3.63, 3.8) is 0 Å². The maximum atomic E-state index is 12.3. The van der Waals surface area contributed by atoms with Gasteiger partial charge in [0, 0.05) is 18.5 Å². The summed E-state index contributed by atoms with van der Waals surface area (Å²) in [5, 5.41) is 2.80. The average molecular weight is 226 g/mol. The summed E-state index contributed by atoms with van der Waals surface area (Å²) in [6.45, 7) is 10.4. The number of nitrogens with one attached hydrogen (secondary N) is 1. The number of nitrogens with zero attached hydrogens (tertiary/aromatic N) is 1. The largest absolute Gasteiger partial charge is 0.344 e. The Hall–Kier alpha value is -1.06.